The number of methoxy groups -OCH3 is 1. The molecule has 1 aromatic heterocycles. The molecular weight excluding hydrogens is 294 g/mol. The van der Waals surface area contributed by atoms with Crippen LogP contribution in [0.3, 0.4) is 0 Å². The molecular formula is C13H14BrN3O. The van der Waals surface area contributed by atoms with Crippen molar-refractivity contribution in [2.45, 2.75) is 6.92 Å². The number of aryl methyl sites for hydroxylation is 1. The van der Waals surface area contributed by atoms with E-state index in [2.05, 4.69) is 26.2 Å². The second-order valence-electron chi connectivity index (χ2n) is 3.90. The van der Waals surface area contributed by atoms with E-state index in [-0.39, 0.29) is 0 Å². The van der Waals surface area contributed by atoms with E-state index >= 15 is 0 Å². The van der Waals surface area contributed by atoms with Crippen LogP contribution < -0.4 is 15.8 Å². The Bertz CT molecular complexity index is 572. The maximum Gasteiger partial charge on any atom is 0.133 e. The SMILES string of the molecule is COc1ccc(Br)c(Nc2ncc(N)cc2C)c1. The van der Waals surface area contributed by atoms with Crippen LogP contribution in [0, 0.1) is 6.92 Å². The van der Waals surface area contributed by atoms with Gasteiger partial charge in [-0.3, -0.25) is 0 Å². The summed E-state index contributed by atoms with van der Waals surface area (Å²) in [6.07, 6.45) is 1.63. The lowest BCUT2D eigenvalue weighted by Gasteiger charge is -2.11. The second-order valence-corrected chi connectivity index (χ2v) is 4.76. The number of pyridine rings is 1. The first-order valence-electron chi connectivity index (χ1n) is 5.43. The molecule has 0 amide bonds. The number of nitrogens with one attached hydrogen (secondary N) is 1. The molecule has 0 spiro atoms. The number of benzene rings is 1. The molecule has 5 heteroatoms. The average molecular weight is 308 g/mol. The molecule has 0 radical (unpaired) electrons. The first-order valence-corrected chi connectivity index (χ1v) is 6.22. The van der Waals surface area contributed by atoms with Crippen LogP contribution in [-0.2, 0) is 0 Å². The van der Waals surface area contributed by atoms with Crippen molar-refractivity contribution >= 4 is 33.1 Å². The zero-order valence-corrected chi connectivity index (χ0v) is 11.8. The maximum absolute atomic E-state index is 5.68. The standard InChI is InChI=1S/C13H14BrN3O/c1-8-5-9(15)7-16-13(8)17-12-6-10(18-2)3-4-11(12)14/h3-7H,15H2,1-2H3,(H,16,17). The third kappa shape index (κ3) is 2.73. The van der Waals surface area contributed by atoms with Crippen molar-refractivity contribution in [3.63, 3.8) is 0 Å². The summed E-state index contributed by atoms with van der Waals surface area (Å²) in [5.41, 5.74) is 8.22. The zero-order chi connectivity index (χ0) is 13.1. The predicted octanol–water partition coefficient (Wildman–Crippen LogP) is 3.49. The summed E-state index contributed by atoms with van der Waals surface area (Å²) < 4.78 is 6.14. The third-order valence-electron chi connectivity index (χ3n) is 2.53. The van der Waals surface area contributed by atoms with E-state index in [0.29, 0.717) is 5.69 Å². The molecule has 4 nitrogen and oxygen atoms in total. The van der Waals surface area contributed by atoms with Crippen LogP contribution in [0.4, 0.5) is 17.2 Å². The highest BCUT2D eigenvalue weighted by atomic mass is 79.9. The molecule has 0 saturated carbocycles. The van der Waals surface area contributed by atoms with Crippen molar-refractivity contribution in [1.82, 2.24) is 4.98 Å². The van der Waals surface area contributed by atoms with Gasteiger partial charge in [-0.05, 0) is 46.6 Å². The Morgan fingerprint density at radius 1 is 1.33 bits per heavy atom. The van der Waals surface area contributed by atoms with Gasteiger partial charge in [0.15, 0.2) is 0 Å². The van der Waals surface area contributed by atoms with Gasteiger partial charge in [-0.15, -0.1) is 0 Å². The molecule has 1 aromatic carbocycles. The molecule has 0 saturated heterocycles. The molecule has 0 bridgehead atoms. The first-order chi connectivity index (χ1) is 8.60. The number of hydrogen-bond donors (Lipinski definition) is 2. The summed E-state index contributed by atoms with van der Waals surface area (Å²) in [4.78, 5) is 4.27. The van der Waals surface area contributed by atoms with Crippen LogP contribution in [0.1, 0.15) is 5.56 Å². The maximum atomic E-state index is 5.68. The molecule has 3 N–H and O–H groups in total. The van der Waals surface area contributed by atoms with E-state index < -0.39 is 0 Å². The van der Waals surface area contributed by atoms with Gasteiger partial charge < -0.3 is 15.8 Å². The van der Waals surface area contributed by atoms with Gasteiger partial charge in [-0.25, -0.2) is 4.98 Å². The first kappa shape index (κ1) is 12.7. The number of aromatic nitrogens is 1. The van der Waals surface area contributed by atoms with Gasteiger partial charge in [0.05, 0.1) is 24.7 Å². The van der Waals surface area contributed by atoms with Gasteiger partial charge in [0.2, 0.25) is 0 Å². The minimum atomic E-state index is 0.655. The summed E-state index contributed by atoms with van der Waals surface area (Å²) >= 11 is 3.49. The smallest absolute Gasteiger partial charge is 0.133 e. The zero-order valence-electron chi connectivity index (χ0n) is 10.2. The number of hydrogen-bond acceptors (Lipinski definition) is 4. The lowest BCUT2D eigenvalue weighted by Crippen LogP contribution is -1.99. The van der Waals surface area contributed by atoms with Crippen LogP contribution in [-0.4, -0.2) is 12.1 Å². The van der Waals surface area contributed by atoms with E-state index in [4.69, 9.17) is 10.5 Å². The van der Waals surface area contributed by atoms with Gasteiger partial charge >= 0.3 is 0 Å². The van der Waals surface area contributed by atoms with Crippen LogP contribution in [0.5, 0.6) is 5.75 Å². The minimum Gasteiger partial charge on any atom is -0.497 e. The largest absolute Gasteiger partial charge is 0.497 e. The number of nitrogens with two attached hydrogens (primary N) is 1. The summed E-state index contributed by atoms with van der Waals surface area (Å²) in [7, 11) is 1.64. The van der Waals surface area contributed by atoms with E-state index in [1.54, 1.807) is 13.3 Å². The van der Waals surface area contributed by atoms with Crippen LogP contribution in [0.2, 0.25) is 0 Å². The monoisotopic (exact) mass is 307 g/mol. The van der Waals surface area contributed by atoms with Crippen molar-refractivity contribution in [3.8, 4) is 5.75 Å². The van der Waals surface area contributed by atoms with Crippen molar-refractivity contribution in [1.29, 1.82) is 0 Å². The second kappa shape index (κ2) is 5.27. The Labute approximate surface area is 114 Å². The quantitative estimate of drug-likeness (QED) is 0.911. The van der Waals surface area contributed by atoms with Gasteiger partial charge in [-0.2, -0.15) is 0 Å². The fourth-order valence-electron chi connectivity index (χ4n) is 1.58. The number of halogens is 1. The molecule has 0 unspecified atom stereocenters. The average Bonchev–Trinajstić information content (AvgIpc) is 2.35. The fraction of sp³-hybridized carbons (Fsp3) is 0.154. The third-order valence-corrected chi connectivity index (χ3v) is 3.22. The summed E-state index contributed by atoms with van der Waals surface area (Å²) in [5.74, 6) is 1.56. The summed E-state index contributed by atoms with van der Waals surface area (Å²) in [5, 5.41) is 3.25. The summed E-state index contributed by atoms with van der Waals surface area (Å²) in [6, 6.07) is 7.59. The number of rotatable bonds is 3. The Hall–Kier alpha value is -1.75. The Morgan fingerprint density at radius 2 is 2.11 bits per heavy atom. The van der Waals surface area contributed by atoms with Gasteiger partial charge in [0.25, 0.3) is 0 Å². The number of nitrogens with zero attached hydrogens (tertiary/aromatic N) is 1. The van der Waals surface area contributed by atoms with Crippen molar-refractivity contribution in [2.24, 2.45) is 0 Å². The van der Waals surface area contributed by atoms with E-state index in [1.165, 1.54) is 0 Å². The highest BCUT2D eigenvalue weighted by molar-refractivity contribution is 9.10. The number of anilines is 3. The number of ether oxygens (including phenoxy) is 1. The number of nitrogen functional groups attached to an aromatic ring is 1. The van der Waals surface area contributed by atoms with E-state index in [9.17, 15) is 0 Å². The van der Waals surface area contributed by atoms with Crippen molar-refractivity contribution in [3.05, 3.63) is 40.5 Å². The topological polar surface area (TPSA) is 60.2 Å². The van der Waals surface area contributed by atoms with Gasteiger partial charge in [0, 0.05) is 10.5 Å². The van der Waals surface area contributed by atoms with Crippen LogP contribution >= 0.6 is 15.9 Å². The minimum absolute atomic E-state index is 0.655. The van der Waals surface area contributed by atoms with Gasteiger partial charge in [0.1, 0.15) is 11.6 Å². The van der Waals surface area contributed by atoms with Crippen molar-refractivity contribution in [2.75, 3.05) is 18.2 Å². The van der Waals surface area contributed by atoms with E-state index in [0.717, 1.165) is 27.3 Å². The molecule has 2 rings (SSSR count). The summed E-state index contributed by atoms with van der Waals surface area (Å²) in [6.45, 7) is 1.96. The van der Waals surface area contributed by atoms with Gasteiger partial charge in [-0.1, -0.05) is 0 Å². The predicted molar refractivity (Wildman–Crippen MR) is 77.4 cm³/mol. The lowest BCUT2D eigenvalue weighted by molar-refractivity contribution is 0.415. The molecule has 0 aliphatic rings. The molecule has 0 aliphatic heterocycles. The van der Waals surface area contributed by atoms with Crippen molar-refractivity contribution < 1.29 is 4.74 Å². The van der Waals surface area contributed by atoms with Crippen LogP contribution in [0.25, 0.3) is 0 Å². The van der Waals surface area contributed by atoms with Crippen LogP contribution in [0.15, 0.2) is 34.9 Å². The highest BCUT2D eigenvalue weighted by Gasteiger charge is 2.05. The molecule has 0 aliphatic carbocycles. The Kier molecular flexibility index (Phi) is 3.72. The molecule has 0 fully saturated rings. The Balaban J connectivity index is 2.33. The molecule has 18 heavy (non-hydrogen) atoms. The molecule has 2 aromatic rings. The Morgan fingerprint density at radius 3 is 2.78 bits per heavy atom. The van der Waals surface area contributed by atoms with E-state index in [1.807, 2.05) is 31.2 Å². The molecule has 94 valence electrons. The normalized spacial score (nSPS) is 10.2. The highest BCUT2D eigenvalue weighted by Crippen LogP contribution is 2.30. The molecule has 0 atom stereocenters. The fourth-order valence-corrected chi connectivity index (χ4v) is 1.93. The lowest BCUT2D eigenvalue weighted by atomic mass is 10.2. The molecule has 1 heterocycles.